The van der Waals surface area contributed by atoms with E-state index in [-0.39, 0.29) is 49.2 Å². The predicted octanol–water partition coefficient (Wildman–Crippen LogP) is 8.80. The minimum absolute atomic E-state index is 0.0892. The second-order valence-corrected chi connectivity index (χ2v) is 61.5. The highest BCUT2D eigenvalue weighted by molar-refractivity contribution is 9.24. The first-order chi connectivity index (χ1) is 7.20. The zero-order valence-electron chi connectivity index (χ0n) is 8.75. The molecular formula is CH19P15. The van der Waals surface area contributed by atoms with Crippen LogP contribution in [0.25, 0.3) is 0 Å². The average molecular weight is 496 g/mol. The zero-order chi connectivity index (χ0) is 13.0. The van der Waals surface area contributed by atoms with E-state index >= 15 is 0 Å². The third-order valence-corrected chi connectivity index (χ3v) is 89.5. The summed E-state index contributed by atoms with van der Waals surface area (Å²) in [5.74, 6) is 0. The molecule has 8 unspecified atom stereocenters. The Labute approximate surface area is 126 Å². The monoisotopic (exact) mass is 496 g/mol. The van der Waals surface area contributed by atoms with Crippen molar-refractivity contribution in [1.82, 2.24) is 0 Å². The minimum Gasteiger partial charge on any atom is -0.102 e. The van der Waals surface area contributed by atoms with Gasteiger partial charge in [-0.25, -0.2) is 0 Å². The topological polar surface area (TPSA) is 0 Å². The molecule has 0 aliphatic heterocycles. The Morgan fingerprint density at radius 2 is 0.688 bits per heavy atom. The minimum atomic E-state index is 0.0892. The summed E-state index contributed by atoms with van der Waals surface area (Å²) < 4.78 is 0. The van der Waals surface area contributed by atoms with E-state index in [1.165, 1.54) is 0 Å². The Balaban J connectivity index is 4.88. The molecule has 0 aromatic rings. The average Bonchev–Trinajstić information content (AvgIpc) is 1.99. The van der Waals surface area contributed by atoms with Gasteiger partial charge in [-0.05, 0) is 55.9 Å². The van der Waals surface area contributed by atoms with E-state index in [4.69, 9.17) is 0 Å². The first-order valence-corrected chi connectivity index (χ1v) is 30.7. The number of rotatable bonds is 6. The molecule has 0 aromatic heterocycles. The van der Waals surface area contributed by atoms with Crippen molar-refractivity contribution >= 4 is 121 Å². The standard InChI is InChI=1S/CH19P15/c1-10(15(11(2)3)12(4)5)16(13(6)7)14(8)9/h2-9H2,1H3. The summed E-state index contributed by atoms with van der Waals surface area (Å²) >= 11 is 0. The van der Waals surface area contributed by atoms with Gasteiger partial charge in [0, 0.05) is 0 Å². The van der Waals surface area contributed by atoms with Crippen molar-refractivity contribution in [3.8, 4) is 0 Å². The van der Waals surface area contributed by atoms with E-state index in [1.54, 1.807) is 0 Å². The molecule has 0 fully saturated rings. The summed E-state index contributed by atoms with van der Waals surface area (Å²) in [6.45, 7) is 3.34. The van der Waals surface area contributed by atoms with Gasteiger partial charge in [0.1, 0.15) is 0 Å². The molecule has 8 atom stereocenters. The zero-order valence-corrected chi connectivity index (χ0v) is 24.2. The highest BCUT2D eigenvalue weighted by atomic mass is 33.3. The fourth-order valence-electron chi connectivity index (χ4n) is 0.908. The molecule has 0 N–H and O–H groups in total. The van der Waals surface area contributed by atoms with Crippen LogP contribution in [0, 0.1) is 0 Å². The molecule has 0 nitrogen and oxygen atoms in total. The molecule has 98 valence electrons. The third kappa shape index (κ3) is 8.34. The molecular weight excluding hydrogens is 477 g/mol. The molecule has 0 aromatic carbocycles. The normalized spacial score (nSPS) is 13.5. The van der Waals surface area contributed by atoms with Crippen LogP contribution in [0.15, 0.2) is 0 Å². The molecule has 0 radical (unpaired) electrons. The van der Waals surface area contributed by atoms with E-state index in [0.29, 0.717) is 0 Å². The molecule has 0 aliphatic rings. The Morgan fingerprint density at radius 3 is 0.812 bits per heavy atom. The van der Waals surface area contributed by atoms with Gasteiger partial charge in [-0.3, -0.25) is 0 Å². The van der Waals surface area contributed by atoms with Crippen molar-refractivity contribution in [2.24, 2.45) is 0 Å². The Hall–Kier alpha value is 6.45. The molecule has 0 spiro atoms. The van der Waals surface area contributed by atoms with Crippen LogP contribution in [0.5, 0.6) is 0 Å². The maximum Gasteiger partial charge on any atom is -0.0104 e. The molecule has 16 heavy (non-hydrogen) atoms. The van der Waals surface area contributed by atoms with Crippen molar-refractivity contribution in [3.05, 3.63) is 0 Å². The Morgan fingerprint density at radius 1 is 0.500 bits per heavy atom. The van der Waals surface area contributed by atoms with E-state index in [0.717, 1.165) is 0 Å². The number of hydrogen-bond acceptors (Lipinski definition) is 0. The van der Waals surface area contributed by atoms with Crippen LogP contribution in [-0.2, 0) is 0 Å². The smallest absolute Gasteiger partial charge is 0.0104 e. The van der Waals surface area contributed by atoms with Crippen molar-refractivity contribution in [3.63, 3.8) is 0 Å². The van der Waals surface area contributed by atoms with Gasteiger partial charge in [0.15, 0.2) is 0 Å². The van der Waals surface area contributed by atoms with Crippen molar-refractivity contribution in [1.29, 1.82) is 0 Å². The van der Waals surface area contributed by atoms with Gasteiger partial charge in [-0.15, -0.1) is 71.4 Å². The van der Waals surface area contributed by atoms with Gasteiger partial charge in [-0.1, -0.05) is 0 Å². The van der Waals surface area contributed by atoms with Crippen molar-refractivity contribution in [2.45, 2.75) is 0 Å². The molecule has 0 saturated heterocycles. The number of hydrogen-bond donors (Lipinski definition) is 0. The summed E-state index contributed by atoms with van der Waals surface area (Å²) in [6, 6.07) is 0. The Kier molecular flexibility index (Phi) is 16.7. The van der Waals surface area contributed by atoms with E-state index in [2.05, 4.69) is 78.1 Å². The SMILES string of the molecule is CP(P(P(P)P)P(P)P)P(P(P)P)P(P)P. The van der Waals surface area contributed by atoms with E-state index in [9.17, 15) is 0 Å². The second-order valence-electron chi connectivity index (χ2n) is 2.55. The summed E-state index contributed by atoms with van der Waals surface area (Å²) in [5.41, 5.74) is 0. The van der Waals surface area contributed by atoms with Crippen molar-refractivity contribution in [2.75, 3.05) is 6.66 Å². The lowest BCUT2D eigenvalue weighted by Crippen LogP contribution is -1.56. The van der Waals surface area contributed by atoms with Crippen LogP contribution in [0.4, 0.5) is 0 Å². The molecule has 0 rings (SSSR count). The highest BCUT2D eigenvalue weighted by Crippen LogP contribution is 3.20. The molecule has 0 bridgehead atoms. The van der Waals surface area contributed by atoms with Crippen LogP contribution in [0.3, 0.4) is 0 Å². The summed E-state index contributed by atoms with van der Waals surface area (Å²) in [7, 11) is 24.8. The molecule has 0 aliphatic carbocycles. The van der Waals surface area contributed by atoms with Gasteiger partial charge >= 0.3 is 0 Å². The van der Waals surface area contributed by atoms with Gasteiger partial charge in [0.2, 0.25) is 0 Å². The van der Waals surface area contributed by atoms with Crippen molar-refractivity contribution < 1.29 is 0 Å². The van der Waals surface area contributed by atoms with E-state index in [1.807, 2.05) is 0 Å². The quantitative estimate of drug-likeness (QED) is 0.323. The molecule has 0 heterocycles. The second kappa shape index (κ2) is 11.9. The Bertz CT molecular complexity index is 146. The molecule has 0 amide bonds. The van der Waals surface area contributed by atoms with Gasteiger partial charge in [-0.2, -0.15) is 0 Å². The highest BCUT2D eigenvalue weighted by Gasteiger charge is 2.33. The predicted molar refractivity (Wildman–Crippen MR) is 132 cm³/mol. The van der Waals surface area contributed by atoms with Crippen LogP contribution in [0.2, 0.25) is 0 Å². The fourth-order valence-corrected chi connectivity index (χ4v) is 154. The largest absolute Gasteiger partial charge is 0.102 e. The fraction of sp³-hybridized carbons (Fsp3) is 1.00. The van der Waals surface area contributed by atoms with Crippen LogP contribution in [0.1, 0.15) is 0 Å². The third-order valence-electron chi connectivity index (χ3n) is 1.34. The summed E-state index contributed by atoms with van der Waals surface area (Å²) in [6.07, 6.45) is 0. The first kappa shape index (κ1) is 22.4. The molecule has 0 saturated carbocycles. The lowest BCUT2D eigenvalue weighted by atomic mass is 12.0. The maximum absolute atomic E-state index is 3.08. The van der Waals surface area contributed by atoms with Crippen LogP contribution in [-0.4, -0.2) is 6.66 Å². The maximum atomic E-state index is 3.08. The van der Waals surface area contributed by atoms with Gasteiger partial charge in [0.05, 0.1) is 0 Å². The molecule has 15 heteroatoms. The van der Waals surface area contributed by atoms with Gasteiger partial charge in [0.25, 0.3) is 0 Å². The van der Waals surface area contributed by atoms with Crippen LogP contribution < -0.4 is 0 Å². The van der Waals surface area contributed by atoms with Gasteiger partial charge < -0.3 is 0 Å². The van der Waals surface area contributed by atoms with E-state index < -0.39 is 0 Å². The van der Waals surface area contributed by atoms with Crippen LogP contribution >= 0.6 is 121 Å². The summed E-state index contributed by atoms with van der Waals surface area (Å²) in [4.78, 5) is 0. The summed E-state index contributed by atoms with van der Waals surface area (Å²) in [5, 5.41) is 0. The first-order valence-electron chi connectivity index (χ1n) is 3.71. The lowest BCUT2D eigenvalue weighted by Gasteiger charge is -2.39. The lowest BCUT2D eigenvalue weighted by molar-refractivity contribution is 2.50.